The first-order valence-electron chi connectivity index (χ1n) is 11.6. The van der Waals surface area contributed by atoms with Gasteiger partial charge in [0.25, 0.3) is 0 Å². The van der Waals surface area contributed by atoms with Crippen LogP contribution < -0.4 is 0 Å². The third kappa shape index (κ3) is 6.21. The molecule has 192 valence electrons. The minimum Gasteiger partial charge on any atom is -0.452 e. The highest BCUT2D eigenvalue weighted by Crippen LogP contribution is 2.30. The maximum Gasteiger partial charge on any atom is 0.338 e. The Labute approximate surface area is 213 Å². The second kappa shape index (κ2) is 12.3. The molecule has 1 aliphatic heterocycles. The average Bonchev–Trinajstić information content (AvgIpc) is 2.95. The second-order valence-corrected chi connectivity index (χ2v) is 8.17. The van der Waals surface area contributed by atoms with Gasteiger partial charge in [0.05, 0.1) is 23.3 Å². The number of aliphatic hydroxyl groups is 1. The second-order valence-electron chi connectivity index (χ2n) is 8.17. The van der Waals surface area contributed by atoms with Gasteiger partial charge in [-0.3, -0.25) is 0 Å². The summed E-state index contributed by atoms with van der Waals surface area (Å²) in [4.78, 5) is 38.9. The maximum absolute atomic E-state index is 13.1. The third-order valence-corrected chi connectivity index (χ3v) is 5.76. The number of rotatable bonds is 8. The van der Waals surface area contributed by atoms with Crippen LogP contribution in [0.15, 0.2) is 91.0 Å². The molecule has 0 unspecified atom stereocenters. The Morgan fingerprint density at radius 1 is 0.649 bits per heavy atom. The van der Waals surface area contributed by atoms with Gasteiger partial charge in [0.2, 0.25) is 0 Å². The van der Waals surface area contributed by atoms with Crippen molar-refractivity contribution in [2.24, 2.45) is 0 Å². The van der Waals surface area contributed by atoms with E-state index >= 15 is 0 Å². The summed E-state index contributed by atoms with van der Waals surface area (Å²) in [5.74, 6) is -2.22. The minimum absolute atomic E-state index is 0.227. The number of esters is 3. The van der Waals surface area contributed by atoms with E-state index < -0.39 is 55.2 Å². The molecule has 3 aromatic rings. The molecular formula is C28H26O9. The SMILES string of the molecule is CO[C@H]1O[C@H](CO)[C@@H](OC(=O)c2ccccc2)[C@H](OC(=O)c2ccccc2)[C@@H]1OC(=O)c1ccccc1. The number of benzene rings is 3. The van der Waals surface area contributed by atoms with Crippen molar-refractivity contribution in [3.63, 3.8) is 0 Å². The van der Waals surface area contributed by atoms with Crippen LogP contribution in [0.5, 0.6) is 0 Å². The Balaban J connectivity index is 1.69. The normalized spacial score (nSPS) is 23.0. The molecule has 37 heavy (non-hydrogen) atoms. The van der Waals surface area contributed by atoms with Gasteiger partial charge >= 0.3 is 17.9 Å². The Bertz CT molecular complexity index is 1120. The van der Waals surface area contributed by atoms with E-state index in [1.807, 2.05) is 0 Å². The van der Waals surface area contributed by atoms with Crippen LogP contribution in [0.3, 0.4) is 0 Å². The van der Waals surface area contributed by atoms with E-state index in [2.05, 4.69) is 0 Å². The Kier molecular flexibility index (Phi) is 8.63. The van der Waals surface area contributed by atoms with Gasteiger partial charge in [0, 0.05) is 7.11 Å². The first-order valence-corrected chi connectivity index (χ1v) is 11.6. The molecule has 1 aliphatic rings. The van der Waals surface area contributed by atoms with Crippen LogP contribution in [0.1, 0.15) is 31.1 Å². The van der Waals surface area contributed by atoms with E-state index in [9.17, 15) is 19.5 Å². The van der Waals surface area contributed by atoms with E-state index in [0.717, 1.165) is 0 Å². The van der Waals surface area contributed by atoms with Gasteiger partial charge in [0.15, 0.2) is 24.6 Å². The Morgan fingerprint density at radius 2 is 1.03 bits per heavy atom. The highest BCUT2D eigenvalue weighted by Gasteiger charge is 2.52. The predicted molar refractivity (Wildman–Crippen MR) is 130 cm³/mol. The van der Waals surface area contributed by atoms with Gasteiger partial charge in [-0.25, -0.2) is 14.4 Å². The van der Waals surface area contributed by atoms with Gasteiger partial charge < -0.3 is 28.8 Å². The number of hydrogen-bond donors (Lipinski definition) is 1. The smallest absolute Gasteiger partial charge is 0.338 e. The molecule has 0 spiro atoms. The standard InChI is InChI=1S/C28H26O9/c1-33-28-24(37-27(32)20-15-9-4-10-16-20)23(36-26(31)19-13-7-3-8-14-19)22(21(17-29)34-28)35-25(30)18-11-5-2-6-12-18/h2-16,21-24,28-29H,17H2,1H3/t21-,22-,23+,24+,28+/m1/s1. The summed E-state index contributed by atoms with van der Waals surface area (Å²) in [6.45, 7) is -0.592. The molecule has 1 heterocycles. The average molecular weight is 507 g/mol. The first-order chi connectivity index (χ1) is 18.0. The summed E-state index contributed by atoms with van der Waals surface area (Å²) < 4.78 is 28.3. The Hall–Kier alpha value is -4.05. The van der Waals surface area contributed by atoms with Crippen LogP contribution in [0.4, 0.5) is 0 Å². The van der Waals surface area contributed by atoms with Crippen molar-refractivity contribution in [3.05, 3.63) is 108 Å². The summed E-state index contributed by atoms with van der Waals surface area (Å²) in [5, 5.41) is 10.1. The first kappa shape index (κ1) is 26.0. The van der Waals surface area contributed by atoms with Crippen LogP contribution >= 0.6 is 0 Å². The van der Waals surface area contributed by atoms with Crippen molar-refractivity contribution in [2.45, 2.75) is 30.7 Å². The van der Waals surface area contributed by atoms with E-state index in [4.69, 9.17) is 23.7 Å². The molecule has 3 aromatic carbocycles. The van der Waals surface area contributed by atoms with E-state index in [0.29, 0.717) is 0 Å². The molecule has 0 saturated carbocycles. The molecule has 9 nitrogen and oxygen atoms in total. The topological polar surface area (TPSA) is 118 Å². The molecule has 0 amide bonds. The zero-order chi connectivity index (χ0) is 26.2. The van der Waals surface area contributed by atoms with Crippen LogP contribution in [-0.4, -0.2) is 67.4 Å². The lowest BCUT2D eigenvalue weighted by molar-refractivity contribution is -0.292. The highest BCUT2D eigenvalue weighted by molar-refractivity contribution is 5.91. The molecule has 0 aliphatic carbocycles. The van der Waals surface area contributed by atoms with Crippen LogP contribution in [-0.2, 0) is 23.7 Å². The quantitative estimate of drug-likeness (QED) is 0.363. The summed E-state index contributed by atoms with van der Waals surface area (Å²) in [5.41, 5.74) is 0.705. The zero-order valence-corrected chi connectivity index (χ0v) is 20.0. The molecule has 5 atom stereocenters. The van der Waals surface area contributed by atoms with Crippen LogP contribution in [0.2, 0.25) is 0 Å². The fraction of sp³-hybridized carbons (Fsp3) is 0.250. The van der Waals surface area contributed by atoms with Crippen molar-refractivity contribution in [2.75, 3.05) is 13.7 Å². The molecule has 0 aromatic heterocycles. The zero-order valence-electron chi connectivity index (χ0n) is 20.0. The van der Waals surface area contributed by atoms with Crippen molar-refractivity contribution >= 4 is 17.9 Å². The molecule has 4 rings (SSSR count). The molecule has 1 N–H and O–H groups in total. The number of methoxy groups -OCH3 is 1. The lowest BCUT2D eigenvalue weighted by Gasteiger charge is -2.43. The number of carbonyl (C=O) groups is 3. The number of aliphatic hydroxyl groups excluding tert-OH is 1. The summed E-state index contributed by atoms with van der Waals surface area (Å²) in [7, 11) is 1.31. The monoisotopic (exact) mass is 506 g/mol. The summed E-state index contributed by atoms with van der Waals surface area (Å²) in [6, 6.07) is 24.5. The minimum atomic E-state index is -1.37. The number of ether oxygens (including phenoxy) is 5. The molecular weight excluding hydrogens is 480 g/mol. The van der Waals surface area contributed by atoms with Gasteiger partial charge in [-0.2, -0.15) is 0 Å². The molecule has 0 radical (unpaired) electrons. The fourth-order valence-electron chi connectivity index (χ4n) is 3.91. The molecule has 1 fully saturated rings. The molecule has 9 heteroatoms. The Morgan fingerprint density at radius 3 is 1.41 bits per heavy atom. The van der Waals surface area contributed by atoms with Crippen molar-refractivity contribution in [3.8, 4) is 0 Å². The van der Waals surface area contributed by atoms with E-state index in [-0.39, 0.29) is 16.7 Å². The van der Waals surface area contributed by atoms with Crippen molar-refractivity contribution in [1.82, 2.24) is 0 Å². The molecule has 1 saturated heterocycles. The fourth-order valence-corrected chi connectivity index (χ4v) is 3.91. The van der Waals surface area contributed by atoms with E-state index in [1.54, 1.807) is 91.0 Å². The van der Waals surface area contributed by atoms with Crippen LogP contribution in [0, 0.1) is 0 Å². The predicted octanol–water partition coefficient (Wildman–Crippen LogP) is 3.03. The third-order valence-electron chi connectivity index (χ3n) is 5.76. The van der Waals surface area contributed by atoms with E-state index in [1.165, 1.54) is 7.11 Å². The summed E-state index contributed by atoms with van der Waals surface area (Å²) in [6.07, 6.45) is -6.40. The van der Waals surface area contributed by atoms with Crippen molar-refractivity contribution < 1.29 is 43.2 Å². The van der Waals surface area contributed by atoms with Gasteiger partial charge in [-0.15, -0.1) is 0 Å². The largest absolute Gasteiger partial charge is 0.452 e. The maximum atomic E-state index is 13.1. The van der Waals surface area contributed by atoms with Gasteiger partial charge in [0.1, 0.15) is 6.10 Å². The number of carbonyl (C=O) groups excluding carboxylic acids is 3. The summed E-state index contributed by atoms with van der Waals surface area (Å²) >= 11 is 0. The highest BCUT2D eigenvalue weighted by atomic mass is 16.7. The van der Waals surface area contributed by atoms with Crippen LogP contribution in [0.25, 0.3) is 0 Å². The van der Waals surface area contributed by atoms with Crippen molar-refractivity contribution in [1.29, 1.82) is 0 Å². The van der Waals surface area contributed by atoms with Gasteiger partial charge in [-0.1, -0.05) is 54.6 Å². The van der Waals surface area contributed by atoms with Gasteiger partial charge in [-0.05, 0) is 36.4 Å². The molecule has 0 bridgehead atoms. The lowest BCUT2D eigenvalue weighted by Crippen LogP contribution is -2.62. The number of hydrogen-bond acceptors (Lipinski definition) is 9. The lowest BCUT2D eigenvalue weighted by atomic mass is 9.97.